The second kappa shape index (κ2) is 62.5. The third-order valence-corrected chi connectivity index (χ3v) is 20.3. The molecule has 3 saturated heterocycles. The number of nitrogens with one attached hydrogen (secondary N) is 1. The first-order chi connectivity index (χ1) is 49.3. The van der Waals surface area contributed by atoms with Gasteiger partial charge >= 0.3 is 0 Å². The number of unbranched alkanes of at least 4 members (excludes halogenated alkanes) is 41. The highest BCUT2D eigenvalue weighted by Gasteiger charge is 2.54. The minimum absolute atomic E-state index is 0.241. The molecule has 0 aromatic heterocycles. The average Bonchev–Trinajstić information content (AvgIpc) is 0.782. The van der Waals surface area contributed by atoms with Gasteiger partial charge < -0.3 is 89.9 Å². The van der Waals surface area contributed by atoms with E-state index >= 15 is 0 Å². The molecular formula is C82H149NO18. The van der Waals surface area contributed by atoms with Crippen LogP contribution in [0.5, 0.6) is 0 Å². The molecule has 3 heterocycles. The van der Waals surface area contributed by atoms with Crippen molar-refractivity contribution in [2.45, 2.75) is 426 Å². The Morgan fingerprint density at radius 1 is 0.366 bits per heavy atom. The van der Waals surface area contributed by atoms with Gasteiger partial charge in [0.05, 0.1) is 38.6 Å². The Morgan fingerprint density at radius 3 is 1.07 bits per heavy atom. The van der Waals surface area contributed by atoms with E-state index < -0.39 is 124 Å². The van der Waals surface area contributed by atoms with Gasteiger partial charge in [0.25, 0.3) is 0 Å². The minimum atomic E-state index is -1.98. The van der Waals surface area contributed by atoms with E-state index in [0.717, 1.165) is 77.0 Å². The van der Waals surface area contributed by atoms with Gasteiger partial charge in [-0.1, -0.05) is 319 Å². The van der Waals surface area contributed by atoms with Crippen LogP contribution in [-0.2, 0) is 33.2 Å². The molecule has 17 unspecified atom stereocenters. The molecule has 101 heavy (non-hydrogen) atoms. The molecule has 0 radical (unpaired) electrons. The fourth-order valence-electron chi connectivity index (χ4n) is 13.8. The van der Waals surface area contributed by atoms with E-state index in [1.54, 1.807) is 6.08 Å². The summed E-state index contributed by atoms with van der Waals surface area (Å²) in [6.45, 7) is 1.67. The van der Waals surface area contributed by atoms with Gasteiger partial charge in [-0.25, -0.2) is 0 Å². The highest BCUT2D eigenvalue weighted by atomic mass is 16.8. The van der Waals surface area contributed by atoms with Crippen LogP contribution in [0.3, 0.4) is 0 Å². The molecule has 12 N–H and O–H groups in total. The summed E-state index contributed by atoms with van der Waals surface area (Å²) in [7, 11) is 0. The second-order valence-corrected chi connectivity index (χ2v) is 29.2. The molecule has 0 aliphatic carbocycles. The van der Waals surface area contributed by atoms with Gasteiger partial charge in [0.2, 0.25) is 5.91 Å². The molecule has 0 saturated carbocycles. The number of rotatable bonds is 65. The third kappa shape index (κ3) is 42.6. The predicted octanol–water partition coefficient (Wildman–Crippen LogP) is 13.8. The van der Waals surface area contributed by atoms with Gasteiger partial charge in [-0.15, -0.1) is 0 Å². The molecule has 0 bridgehead atoms. The topological polar surface area (TPSA) is 307 Å². The van der Waals surface area contributed by atoms with Crippen LogP contribution < -0.4 is 5.32 Å². The van der Waals surface area contributed by atoms with Gasteiger partial charge in [-0.05, 0) is 57.8 Å². The van der Waals surface area contributed by atoms with E-state index in [0.29, 0.717) is 6.42 Å². The van der Waals surface area contributed by atoms with Crippen LogP contribution in [0.2, 0.25) is 0 Å². The van der Waals surface area contributed by atoms with E-state index in [1.807, 2.05) is 6.08 Å². The molecular weight excluding hydrogens is 1290 g/mol. The van der Waals surface area contributed by atoms with Crippen LogP contribution in [0, 0.1) is 0 Å². The van der Waals surface area contributed by atoms with Crippen molar-refractivity contribution >= 4 is 5.91 Å². The average molecular weight is 1440 g/mol. The lowest BCUT2D eigenvalue weighted by Crippen LogP contribution is -2.66. The van der Waals surface area contributed by atoms with Gasteiger partial charge in [0, 0.05) is 6.42 Å². The molecule has 0 aromatic rings. The zero-order valence-corrected chi connectivity index (χ0v) is 63.1. The molecule has 0 aromatic carbocycles. The fraction of sp³-hybridized carbons (Fsp3) is 0.866. The molecule has 0 spiro atoms. The van der Waals surface area contributed by atoms with Crippen molar-refractivity contribution in [1.29, 1.82) is 0 Å². The van der Waals surface area contributed by atoms with Gasteiger partial charge in [0.15, 0.2) is 18.9 Å². The van der Waals surface area contributed by atoms with Crippen LogP contribution in [0.15, 0.2) is 60.8 Å². The SMILES string of the molecule is CC/C=C\C/C=C\C/C=C\C/C=C\CCCCCCCCCCCCCCCCC(=O)NC(COC1OC(CO)C(OC2OC(CO)C(OC3OC(CO)C(O)C(O)C3O)C(O)C2O)C(O)C1O)C(O)/C=C/CCCCCCCCCCCCCCCCCCCCCCCCCCCCC. The summed E-state index contributed by atoms with van der Waals surface area (Å²) in [5, 5.41) is 121. The lowest BCUT2D eigenvalue weighted by molar-refractivity contribution is -0.379. The van der Waals surface area contributed by atoms with E-state index in [1.165, 1.54) is 218 Å². The summed E-state index contributed by atoms with van der Waals surface area (Å²) in [6, 6.07) is -0.977. The van der Waals surface area contributed by atoms with Crippen LogP contribution in [0.4, 0.5) is 0 Å². The molecule has 17 atom stereocenters. The van der Waals surface area contributed by atoms with Crippen LogP contribution in [-0.4, -0.2) is 193 Å². The first-order valence-corrected chi connectivity index (χ1v) is 41.0. The molecule has 19 nitrogen and oxygen atoms in total. The zero-order valence-electron chi connectivity index (χ0n) is 63.1. The van der Waals surface area contributed by atoms with Crippen molar-refractivity contribution in [3.63, 3.8) is 0 Å². The van der Waals surface area contributed by atoms with Crippen molar-refractivity contribution in [3.05, 3.63) is 60.8 Å². The van der Waals surface area contributed by atoms with Crippen LogP contribution in [0.1, 0.15) is 322 Å². The first kappa shape index (κ1) is 92.7. The summed E-state index contributed by atoms with van der Waals surface area (Å²) in [4.78, 5) is 13.5. The fourth-order valence-corrected chi connectivity index (χ4v) is 13.8. The van der Waals surface area contributed by atoms with Crippen molar-refractivity contribution in [1.82, 2.24) is 5.32 Å². The summed E-state index contributed by atoms with van der Waals surface area (Å²) in [5.41, 5.74) is 0. The number of ether oxygens (including phenoxy) is 6. The maximum Gasteiger partial charge on any atom is 0.220 e. The van der Waals surface area contributed by atoms with E-state index in [-0.39, 0.29) is 18.9 Å². The third-order valence-electron chi connectivity index (χ3n) is 20.3. The number of hydrogen-bond donors (Lipinski definition) is 12. The van der Waals surface area contributed by atoms with Crippen molar-refractivity contribution in [2.75, 3.05) is 26.4 Å². The van der Waals surface area contributed by atoms with Crippen molar-refractivity contribution in [3.8, 4) is 0 Å². The Labute approximate surface area is 611 Å². The number of carbonyl (C=O) groups excluding carboxylic acids is 1. The predicted molar refractivity (Wildman–Crippen MR) is 402 cm³/mol. The molecule has 19 heteroatoms. The molecule has 590 valence electrons. The van der Waals surface area contributed by atoms with Gasteiger partial charge in [-0.2, -0.15) is 0 Å². The van der Waals surface area contributed by atoms with E-state index in [4.69, 9.17) is 28.4 Å². The number of amides is 1. The monoisotopic (exact) mass is 1440 g/mol. The summed E-state index contributed by atoms with van der Waals surface area (Å²) < 4.78 is 34.5. The smallest absolute Gasteiger partial charge is 0.220 e. The summed E-state index contributed by atoms with van der Waals surface area (Å²) in [5.74, 6) is -0.274. The second-order valence-electron chi connectivity index (χ2n) is 29.2. The Kier molecular flexibility index (Phi) is 57.4. The quantitative estimate of drug-likeness (QED) is 0.0199. The van der Waals surface area contributed by atoms with Crippen molar-refractivity contribution in [2.24, 2.45) is 0 Å². The highest BCUT2D eigenvalue weighted by molar-refractivity contribution is 5.76. The number of aliphatic hydroxyl groups is 11. The summed E-state index contributed by atoms with van der Waals surface area (Å²) >= 11 is 0. The maximum atomic E-state index is 13.5. The van der Waals surface area contributed by atoms with Gasteiger partial charge in [-0.3, -0.25) is 4.79 Å². The lowest BCUT2D eigenvalue weighted by atomic mass is 9.96. The number of allylic oxidation sites excluding steroid dienone is 9. The Bertz CT molecular complexity index is 2060. The van der Waals surface area contributed by atoms with Crippen LogP contribution >= 0.6 is 0 Å². The largest absolute Gasteiger partial charge is 0.394 e. The lowest BCUT2D eigenvalue weighted by Gasteiger charge is -2.48. The molecule has 3 aliphatic rings. The minimum Gasteiger partial charge on any atom is -0.394 e. The highest BCUT2D eigenvalue weighted by Crippen LogP contribution is 2.33. The number of carbonyl (C=O) groups is 1. The van der Waals surface area contributed by atoms with Crippen LogP contribution in [0.25, 0.3) is 0 Å². The molecule has 3 fully saturated rings. The Hall–Kier alpha value is -2.51. The normalized spacial score (nSPS) is 26.6. The van der Waals surface area contributed by atoms with Crippen molar-refractivity contribution < 1.29 is 89.4 Å². The first-order valence-electron chi connectivity index (χ1n) is 41.0. The number of hydrogen-bond acceptors (Lipinski definition) is 18. The number of aliphatic hydroxyl groups excluding tert-OH is 11. The van der Waals surface area contributed by atoms with E-state index in [9.17, 15) is 61.0 Å². The molecule has 1 amide bonds. The maximum absolute atomic E-state index is 13.5. The summed E-state index contributed by atoms with van der Waals surface area (Å²) in [6.07, 6.45) is 53.5. The zero-order chi connectivity index (χ0) is 73.2. The van der Waals surface area contributed by atoms with Gasteiger partial charge in [0.1, 0.15) is 73.2 Å². The Balaban J connectivity index is 1.37. The molecule has 3 rings (SSSR count). The standard InChI is InChI=1S/C82H149NO18/c1-3-5-7-9-11-13-15-17-19-21-23-25-27-29-31-32-34-35-37-39-41-43-45-47-49-51-53-55-57-59-66(87)65(83-70(88)60-58-56-54-52-50-48-46-44-42-40-38-36-33-30-28-26-24-22-20-18-16-14-12-10-8-6-4-2)64-96-80-76(94)73(91)78(68(62-85)98-80)101-82-77(95)74(92)79(69(63-86)99-82)100-81-75(93)72(90)71(89)67(61-84)97-81/h6,8,12,14,18,20,24,26,57,59,65-69,71-82,84-87,89-95H,3-5,7,9-11,13,15-17,19,21-23,25,27-56,58,60-64H2,1-2H3,(H,83,88)/b8-6-,14-12-,20-18-,26-24-,59-57+. The van der Waals surface area contributed by atoms with E-state index in [2.05, 4.69) is 67.8 Å². The Morgan fingerprint density at radius 2 is 0.683 bits per heavy atom. The molecule has 3 aliphatic heterocycles.